The van der Waals surface area contributed by atoms with Gasteiger partial charge < -0.3 is 4.42 Å². The maximum absolute atomic E-state index is 6.04. The van der Waals surface area contributed by atoms with E-state index in [2.05, 4.69) is 69.8 Å². The van der Waals surface area contributed by atoms with Gasteiger partial charge in [0.15, 0.2) is 5.58 Å². The van der Waals surface area contributed by atoms with Crippen LogP contribution in [0.2, 0.25) is 0 Å². The molecule has 0 bridgehead atoms. The summed E-state index contributed by atoms with van der Waals surface area (Å²) in [5, 5.41) is 5.47. The van der Waals surface area contributed by atoms with E-state index in [1.165, 1.54) is 30.6 Å². The van der Waals surface area contributed by atoms with Gasteiger partial charge in [-0.25, -0.2) is 0 Å². The maximum Gasteiger partial charge on any atom is 0.152 e. The van der Waals surface area contributed by atoms with Crippen molar-refractivity contribution in [1.82, 2.24) is 4.98 Å². The highest BCUT2D eigenvalue weighted by Crippen LogP contribution is 2.43. The Bertz CT molecular complexity index is 1430. The van der Waals surface area contributed by atoms with Gasteiger partial charge in [0, 0.05) is 37.5 Å². The van der Waals surface area contributed by atoms with Crippen molar-refractivity contribution in [3.8, 4) is 11.3 Å². The lowest BCUT2D eigenvalue weighted by molar-refractivity contribution is 0.578. The van der Waals surface area contributed by atoms with E-state index in [0.717, 1.165) is 28.0 Å². The molecule has 4 heteroatoms. The van der Waals surface area contributed by atoms with Gasteiger partial charge in [0.1, 0.15) is 5.76 Å². The highest BCUT2D eigenvalue weighted by molar-refractivity contribution is 8.02. The highest BCUT2D eigenvalue weighted by atomic mass is 32.2. The third-order valence-corrected chi connectivity index (χ3v) is 7.38. The normalized spacial score (nSPS) is 12.3. The van der Waals surface area contributed by atoms with Gasteiger partial charge in [0.2, 0.25) is 0 Å². The number of pyridine rings is 1. The van der Waals surface area contributed by atoms with Crippen LogP contribution in [-0.4, -0.2) is 4.98 Å². The molecule has 0 amide bonds. The number of furan rings is 1. The molecule has 5 aromatic rings. The number of thiophene rings is 1. The summed E-state index contributed by atoms with van der Waals surface area (Å²) < 4.78 is 8.47. The molecule has 0 radical (unpaired) electrons. The Morgan fingerprint density at radius 3 is 2.70 bits per heavy atom. The molecule has 0 aliphatic heterocycles. The molecule has 3 heterocycles. The van der Waals surface area contributed by atoms with Crippen LogP contribution in [0.25, 0.3) is 42.4 Å². The van der Waals surface area contributed by atoms with Crippen LogP contribution in [-0.2, 0) is 5.41 Å². The van der Waals surface area contributed by atoms with Gasteiger partial charge >= 0.3 is 0 Å². The molecule has 30 heavy (non-hydrogen) atoms. The maximum atomic E-state index is 6.04. The van der Waals surface area contributed by atoms with E-state index < -0.39 is 0 Å². The molecular weight excluding hydrogens is 406 g/mol. The molecule has 0 fully saturated rings. The largest absolute Gasteiger partial charge is 0.460 e. The van der Waals surface area contributed by atoms with Crippen LogP contribution < -0.4 is 0 Å². The van der Waals surface area contributed by atoms with Crippen molar-refractivity contribution in [2.75, 3.05) is 0 Å². The first-order chi connectivity index (χ1) is 14.4. The Morgan fingerprint density at radius 2 is 1.93 bits per heavy atom. The molecule has 2 nitrogen and oxygen atoms in total. The Labute approximate surface area is 184 Å². The van der Waals surface area contributed by atoms with Gasteiger partial charge in [-0.1, -0.05) is 57.3 Å². The minimum Gasteiger partial charge on any atom is -0.460 e. The van der Waals surface area contributed by atoms with Crippen LogP contribution in [0.3, 0.4) is 0 Å². The molecule has 3 aromatic heterocycles. The molecule has 0 unspecified atom stereocenters. The van der Waals surface area contributed by atoms with E-state index in [4.69, 9.17) is 9.40 Å². The molecule has 150 valence electrons. The quantitative estimate of drug-likeness (QED) is 0.268. The van der Waals surface area contributed by atoms with Gasteiger partial charge in [-0.15, -0.1) is 11.3 Å². The number of aryl methyl sites for hydroxylation is 1. The average Bonchev–Trinajstić information content (AvgIpc) is 3.27. The topological polar surface area (TPSA) is 26.0 Å². The summed E-state index contributed by atoms with van der Waals surface area (Å²) in [7, 11) is 0. The van der Waals surface area contributed by atoms with Crippen LogP contribution in [0.1, 0.15) is 32.1 Å². The van der Waals surface area contributed by atoms with Crippen LogP contribution >= 0.6 is 23.1 Å². The van der Waals surface area contributed by atoms with E-state index in [-0.39, 0.29) is 5.41 Å². The lowest BCUT2D eigenvalue weighted by Crippen LogP contribution is -2.12. The Hall–Kier alpha value is -2.56. The zero-order valence-corrected chi connectivity index (χ0v) is 19.2. The van der Waals surface area contributed by atoms with Crippen LogP contribution in [0, 0.1) is 6.92 Å². The summed E-state index contributed by atoms with van der Waals surface area (Å²) in [5.41, 5.74) is 4.50. The molecule has 0 saturated carbocycles. The van der Waals surface area contributed by atoms with Crippen molar-refractivity contribution < 1.29 is 4.42 Å². The zero-order chi connectivity index (χ0) is 21.0. The molecule has 0 aliphatic rings. The van der Waals surface area contributed by atoms with Gasteiger partial charge in [-0.3, -0.25) is 4.98 Å². The van der Waals surface area contributed by atoms with Crippen molar-refractivity contribution in [3.63, 3.8) is 0 Å². The van der Waals surface area contributed by atoms with Gasteiger partial charge in [0.25, 0.3) is 0 Å². The smallest absolute Gasteiger partial charge is 0.152 e. The standard InChI is InChI=1S/C26H23NOS2/c1-6-29-20-10-8-16(14-19(20)26(3,4)5)23-22-18-9-7-17-13-15(2)28-24(17)25(18)30-21(22)11-12-27-23/h6-14H,1H2,2-5H3. The number of nitrogens with zero attached hydrogens (tertiary/aromatic N) is 1. The monoisotopic (exact) mass is 429 g/mol. The summed E-state index contributed by atoms with van der Waals surface area (Å²) in [6.45, 7) is 12.7. The second-order valence-electron chi connectivity index (χ2n) is 8.60. The van der Waals surface area contributed by atoms with Crippen molar-refractivity contribution in [3.05, 3.63) is 72.0 Å². The summed E-state index contributed by atoms with van der Waals surface area (Å²) >= 11 is 3.46. The third-order valence-electron chi connectivity index (χ3n) is 5.43. The second-order valence-corrected chi connectivity index (χ2v) is 10.7. The van der Waals surface area contributed by atoms with E-state index in [1.807, 2.05) is 18.5 Å². The molecule has 0 saturated heterocycles. The van der Waals surface area contributed by atoms with Crippen LogP contribution in [0.15, 0.2) is 70.0 Å². The molecule has 0 atom stereocenters. The molecule has 0 spiro atoms. The molecular formula is C26H23NOS2. The first-order valence-electron chi connectivity index (χ1n) is 9.99. The zero-order valence-electron chi connectivity index (χ0n) is 17.6. The van der Waals surface area contributed by atoms with Crippen LogP contribution in [0.4, 0.5) is 0 Å². The first-order valence-corrected chi connectivity index (χ1v) is 11.7. The fraction of sp³-hybridized carbons (Fsp3) is 0.192. The van der Waals surface area contributed by atoms with Gasteiger partial charge in [-0.05, 0) is 47.6 Å². The van der Waals surface area contributed by atoms with Crippen molar-refractivity contribution >= 4 is 54.2 Å². The van der Waals surface area contributed by atoms with E-state index >= 15 is 0 Å². The number of fused-ring (bicyclic) bond motifs is 5. The van der Waals surface area contributed by atoms with Gasteiger partial charge in [0.05, 0.1) is 10.4 Å². The lowest BCUT2D eigenvalue weighted by Gasteiger charge is -2.23. The Morgan fingerprint density at radius 1 is 1.10 bits per heavy atom. The van der Waals surface area contributed by atoms with E-state index in [1.54, 1.807) is 23.1 Å². The number of hydrogen-bond acceptors (Lipinski definition) is 4. The van der Waals surface area contributed by atoms with Crippen molar-refractivity contribution in [2.24, 2.45) is 0 Å². The average molecular weight is 430 g/mol. The molecule has 0 aliphatic carbocycles. The predicted molar refractivity (Wildman–Crippen MR) is 132 cm³/mol. The van der Waals surface area contributed by atoms with Crippen molar-refractivity contribution in [2.45, 2.75) is 38.0 Å². The summed E-state index contributed by atoms with van der Waals surface area (Å²) in [4.78, 5) is 6.08. The minimum absolute atomic E-state index is 0.0316. The lowest BCUT2D eigenvalue weighted by atomic mass is 9.85. The highest BCUT2D eigenvalue weighted by Gasteiger charge is 2.21. The molecule has 5 rings (SSSR count). The van der Waals surface area contributed by atoms with Crippen LogP contribution in [0.5, 0.6) is 0 Å². The molecule has 0 N–H and O–H groups in total. The van der Waals surface area contributed by atoms with E-state index in [9.17, 15) is 0 Å². The van der Waals surface area contributed by atoms with Crippen molar-refractivity contribution in [1.29, 1.82) is 0 Å². The Balaban J connectivity index is 1.81. The predicted octanol–water partition coefficient (Wildman–Crippen LogP) is 8.70. The Kier molecular flexibility index (Phi) is 4.53. The molecule has 2 aromatic carbocycles. The van der Waals surface area contributed by atoms with Gasteiger partial charge in [-0.2, -0.15) is 0 Å². The third kappa shape index (κ3) is 3.06. The second kappa shape index (κ2) is 7.00. The fourth-order valence-electron chi connectivity index (χ4n) is 4.08. The first kappa shape index (κ1) is 19.4. The van der Waals surface area contributed by atoms with E-state index in [0.29, 0.717) is 0 Å². The fourth-order valence-corrected chi connectivity index (χ4v) is 6.09. The number of rotatable bonds is 3. The SMILES string of the molecule is C=CSc1ccc(-c2nccc3sc4c(ccc5cc(C)oc54)c23)cc1C(C)(C)C. The minimum atomic E-state index is 0.0316. The number of benzene rings is 2. The summed E-state index contributed by atoms with van der Waals surface area (Å²) in [5.74, 6) is 0.943. The summed E-state index contributed by atoms with van der Waals surface area (Å²) in [6.07, 6.45) is 1.92. The summed E-state index contributed by atoms with van der Waals surface area (Å²) in [6, 6.07) is 15.3. The number of thioether (sulfide) groups is 1. The number of aromatic nitrogens is 1. The number of hydrogen-bond donors (Lipinski definition) is 0.